The SMILES string of the molecule is COCC(NC1CCOCC1)c1ccccc1. The predicted molar refractivity (Wildman–Crippen MR) is 68.0 cm³/mol. The zero-order valence-electron chi connectivity index (χ0n) is 10.4. The Bertz CT molecular complexity index is 309. The van der Waals surface area contributed by atoms with Gasteiger partial charge in [0, 0.05) is 26.4 Å². The molecule has 2 rings (SSSR count). The highest BCUT2D eigenvalue weighted by Crippen LogP contribution is 2.17. The summed E-state index contributed by atoms with van der Waals surface area (Å²) in [5.41, 5.74) is 1.29. The van der Waals surface area contributed by atoms with Gasteiger partial charge in [-0.15, -0.1) is 0 Å². The Morgan fingerprint density at radius 2 is 2.00 bits per heavy atom. The van der Waals surface area contributed by atoms with Crippen LogP contribution in [-0.2, 0) is 9.47 Å². The van der Waals surface area contributed by atoms with Crippen molar-refractivity contribution >= 4 is 0 Å². The van der Waals surface area contributed by atoms with Crippen molar-refractivity contribution in [2.24, 2.45) is 0 Å². The van der Waals surface area contributed by atoms with E-state index in [0.29, 0.717) is 12.6 Å². The van der Waals surface area contributed by atoms with Crippen LogP contribution in [0.1, 0.15) is 24.4 Å². The Morgan fingerprint density at radius 3 is 2.65 bits per heavy atom. The number of ether oxygens (including phenoxy) is 2. The average Bonchev–Trinajstić information content (AvgIpc) is 2.40. The van der Waals surface area contributed by atoms with Crippen molar-refractivity contribution in [2.75, 3.05) is 26.9 Å². The van der Waals surface area contributed by atoms with Gasteiger partial charge in [-0.2, -0.15) is 0 Å². The lowest BCUT2D eigenvalue weighted by atomic mass is 10.0. The monoisotopic (exact) mass is 235 g/mol. The molecule has 1 aliphatic heterocycles. The summed E-state index contributed by atoms with van der Waals surface area (Å²) in [6, 6.07) is 11.3. The molecule has 0 amide bonds. The van der Waals surface area contributed by atoms with E-state index in [2.05, 4.69) is 29.6 Å². The second-order valence-corrected chi connectivity index (χ2v) is 4.47. The number of methoxy groups -OCH3 is 1. The van der Waals surface area contributed by atoms with E-state index in [9.17, 15) is 0 Å². The van der Waals surface area contributed by atoms with Crippen LogP contribution in [0, 0.1) is 0 Å². The lowest BCUT2D eigenvalue weighted by Crippen LogP contribution is -2.38. The molecule has 0 aromatic heterocycles. The molecule has 1 atom stereocenters. The third kappa shape index (κ3) is 3.80. The van der Waals surface area contributed by atoms with E-state index in [4.69, 9.17) is 9.47 Å². The summed E-state index contributed by atoms with van der Waals surface area (Å²) in [6.07, 6.45) is 2.18. The first kappa shape index (κ1) is 12.6. The normalized spacial score (nSPS) is 19.1. The predicted octanol–water partition coefficient (Wildman–Crippen LogP) is 2.14. The third-order valence-electron chi connectivity index (χ3n) is 3.19. The van der Waals surface area contributed by atoms with E-state index in [-0.39, 0.29) is 6.04 Å². The first-order valence-electron chi connectivity index (χ1n) is 6.28. The molecule has 0 saturated carbocycles. The van der Waals surface area contributed by atoms with Crippen molar-refractivity contribution in [3.63, 3.8) is 0 Å². The van der Waals surface area contributed by atoms with Crippen molar-refractivity contribution in [1.82, 2.24) is 5.32 Å². The Hall–Kier alpha value is -0.900. The minimum absolute atomic E-state index is 0.282. The molecule has 0 bridgehead atoms. The van der Waals surface area contributed by atoms with Gasteiger partial charge in [0.1, 0.15) is 0 Å². The highest BCUT2D eigenvalue weighted by Gasteiger charge is 2.19. The fourth-order valence-corrected chi connectivity index (χ4v) is 2.24. The van der Waals surface area contributed by atoms with Gasteiger partial charge in [0.25, 0.3) is 0 Å². The van der Waals surface area contributed by atoms with E-state index in [1.54, 1.807) is 7.11 Å². The molecule has 94 valence electrons. The minimum atomic E-state index is 0.282. The molecule has 1 saturated heterocycles. The van der Waals surface area contributed by atoms with Gasteiger partial charge in [-0.1, -0.05) is 30.3 Å². The number of benzene rings is 1. The van der Waals surface area contributed by atoms with Crippen LogP contribution in [0.3, 0.4) is 0 Å². The van der Waals surface area contributed by atoms with Gasteiger partial charge < -0.3 is 14.8 Å². The molecule has 1 aliphatic rings. The van der Waals surface area contributed by atoms with Crippen molar-refractivity contribution in [3.05, 3.63) is 35.9 Å². The van der Waals surface area contributed by atoms with Crippen LogP contribution in [0.2, 0.25) is 0 Å². The van der Waals surface area contributed by atoms with Crippen molar-refractivity contribution in [1.29, 1.82) is 0 Å². The van der Waals surface area contributed by atoms with E-state index in [1.807, 2.05) is 6.07 Å². The molecule has 0 aliphatic carbocycles. The van der Waals surface area contributed by atoms with Crippen molar-refractivity contribution < 1.29 is 9.47 Å². The van der Waals surface area contributed by atoms with Gasteiger partial charge in [0.15, 0.2) is 0 Å². The Morgan fingerprint density at radius 1 is 1.29 bits per heavy atom. The summed E-state index contributed by atoms with van der Waals surface area (Å²) in [7, 11) is 1.75. The quantitative estimate of drug-likeness (QED) is 0.848. The Labute approximate surface area is 103 Å². The molecule has 0 spiro atoms. The zero-order valence-corrected chi connectivity index (χ0v) is 10.4. The molecular formula is C14H21NO2. The second kappa shape index (κ2) is 6.74. The van der Waals surface area contributed by atoms with Crippen molar-refractivity contribution in [3.8, 4) is 0 Å². The summed E-state index contributed by atoms with van der Waals surface area (Å²) in [5, 5.41) is 3.67. The highest BCUT2D eigenvalue weighted by molar-refractivity contribution is 5.19. The van der Waals surface area contributed by atoms with Crippen LogP contribution >= 0.6 is 0 Å². The van der Waals surface area contributed by atoms with E-state index in [0.717, 1.165) is 26.1 Å². The number of hydrogen-bond donors (Lipinski definition) is 1. The molecule has 0 radical (unpaired) electrons. The molecular weight excluding hydrogens is 214 g/mol. The summed E-state index contributed by atoms with van der Waals surface area (Å²) in [6.45, 7) is 2.44. The van der Waals surface area contributed by atoms with Crippen LogP contribution in [0.5, 0.6) is 0 Å². The number of hydrogen-bond acceptors (Lipinski definition) is 3. The van der Waals surface area contributed by atoms with Gasteiger partial charge >= 0.3 is 0 Å². The molecule has 1 N–H and O–H groups in total. The fraction of sp³-hybridized carbons (Fsp3) is 0.571. The summed E-state index contributed by atoms with van der Waals surface area (Å²) < 4.78 is 10.7. The smallest absolute Gasteiger partial charge is 0.0657 e. The van der Waals surface area contributed by atoms with Crippen LogP contribution in [0.25, 0.3) is 0 Å². The maximum atomic E-state index is 5.38. The lowest BCUT2D eigenvalue weighted by Gasteiger charge is -2.28. The Kier molecular flexibility index (Phi) is 4.98. The standard InChI is InChI=1S/C14H21NO2/c1-16-11-14(12-5-3-2-4-6-12)15-13-7-9-17-10-8-13/h2-6,13-15H,7-11H2,1H3. The van der Waals surface area contributed by atoms with E-state index >= 15 is 0 Å². The summed E-state index contributed by atoms with van der Waals surface area (Å²) >= 11 is 0. The van der Waals surface area contributed by atoms with Crippen LogP contribution in [0.15, 0.2) is 30.3 Å². The van der Waals surface area contributed by atoms with Gasteiger partial charge in [-0.3, -0.25) is 0 Å². The van der Waals surface area contributed by atoms with Gasteiger partial charge in [-0.25, -0.2) is 0 Å². The number of rotatable bonds is 5. The molecule has 1 unspecified atom stereocenters. The summed E-state index contributed by atoms with van der Waals surface area (Å²) in [5.74, 6) is 0. The third-order valence-corrected chi connectivity index (χ3v) is 3.19. The molecule has 1 heterocycles. The molecule has 3 nitrogen and oxygen atoms in total. The first-order chi connectivity index (χ1) is 8.40. The van der Waals surface area contributed by atoms with Gasteiger partial charge in [0.2, 0.25) is 0 Å². The highest BCUT2D eigenvalue weighted by atomic mass is 16.5. The zero-order chi connectivity index (χ0) is 11.9. The topological polar surface area (TPSA) is 30.5 Å². The maximum Gasteiger partial charge on any atom is 0.0657 e. The second-order valence-electron chi connectivity index (χ2n) is 4.47. The van der Waals surface area contributed by atoms with Crippen molar-refractivity contribution in [2.45, 2.75) is 24.9 Å². The average molecular weight is 235 g/mol. The van der Waals surface area contributed by atoms with Crippen LogP contribution in [0.4, 0.5) is 0 Å². The maximum absolute atomic E-state index is 5.38. The largest absolute Gasteiger partial charge is 0.383 e. The van der Waals surface area contributed by atoms with E-state index in [1.165, 1.54) is 5.56 Å². The molecule has 1 aromatic carbocycles. The van der Waals surface area contributed by atoms with Gasteiger partial charge in [0.05, 0.1) is 12.6 Å². The molecule has 17 heavy (non-hydrogen) atoms. The number of nitrogens with one attached hydrogen (secondary N) is 1. The molecule has 1 fully saturated rings. The Balaban J connectivity index is 1.96. The van der Waals surface area contributed by atoms with Crippen LogP contribution < -0.4 is 5.32 Å². The first-order valence-corrected chi connectivity index (χ1v) is 6.28. The summed E-state index contributed by atoms with van der Waals surface area (Å²) in [4.78, 5) is 0. The van der Waals surface area contributed by atoms with Gasteiger partial charge in [-0.05, 0) is 18.4 Å². The lowest BCUT2D eigenvalue weighted by molar-refractivity contribution is 0.0687. The molecule has 1 aromatic rings. The minimum Gasteiger partial charge on any atom is -0.383 e. The fourth-order valence-electron chi connectivity index (χ4n) is 2.24. The van der Waals surface area contributed by atoms with E-state index < -0.39 is 0 Å². The molecule has 3 heteroatoms. The van der Waals surface area contributed by atoms with Crippen LogP contribution in [-0.4, -0.2) is 33.0 Å².